The summed E-state index contributed by atoms with van der Waals surface area (Å²) in [6, 6.07) is 10.3. The summed E-state index contributed by atoms with van der Waals surface area (Å²) in [5.41, 5.74) is 0. The topological polar surface area (TPSA) is 59.9 Å². The number of guanidine groups is 1. The van der Waals surface area contributed by atoms with E-state index in [1.807, 2.05) is 12.1 Å². The van der Waals surface area contributed by atoms with E-state index >= 15 is 0 Å². The number of aliphatic hydroxyl groups is 1. The van der Waals surface area contributed by atoms with Crippen LogP contribution in [0.2, 0.25) is 0 Å². The Bertz CT molecular complexity index is 704. The molecule has 1 fully saturated rings. The molecule has 0 saturated carbocycles. The average Bonchev–Trinajstić information content (AvgIpc) is 3.13. The normalized spacial score (nSPS) is 18.0. The molecule has 27 heavy (non-hydrogen) atoms. The Balaban J connectivity index is 1.37. The van der Waals surface area contributed by atoms with E-state index < -0.39 is 6.10 Å². The second kappa shape index (κ2) is 10.1. The molecule has 1 aromatic carbocycles. The van der Waals surface area contributed by atoms with Crippen LogP contribution < -0.4 is 10.6 Å². The number of hydrogen-bond donors (Lipinski definition) is 3. The third kappa shape index (κ3) is 5.92. The maximum absolute atomic E-state index is 10.5. The number of nitrogens with one attached hydrogen (secondary N) is 2. The molecule has 1 aliphatic rings. The van der Waals surface area contributed by atoms with Crippen LogP contribution in [0.5, 0.6) is 0 Å². The molecule has 3 N–H and O–H groups in total. The lowest BCUT2D eigenvalue weighted by Gasteiger charge is -2.30. The molecule has 0 radical (unpaired) electrons. The maximum Gasteiger partial charge on any atom is 0.191 e. The Morgan fingerprint density at radius 3 is 2.81 bits per heavy atom. The summed E-state index contributed by atoms with van der Waals surface area (Å²) in [6.07, 6.45) is 3.23. The monoisotopic (exact) mass is 388 g/mol. The Labute approximate surface area is 166 Å². The smallest absolute Gasteiger partial charge is 0.191 e. The highest BCUT2D eigenvalue weighted by molar-refractivity contribution is 7.19. The van der Waals surface area contributed by atoms with E-state index in [0.29, 0.717) is 6.54 Å². The van der Waals surface area contributed by atoms with Gasteiger partial charge in [0.15, 0.2) is 5.96 Å². The van der Waals surface area contributed by atoms with E-state index in [1.165, 1.54) is 36.0 Å². The van der Waals surface area contributed by atoms with Gasteiger partial charge >= 0.3 is 0 Å². The van der Waals surface area contributed by atoms with E-state index in [0.717, 1.165) is 36.3 Å². The second-order valence-electron chi connectivity index (χ2n) is 7.46. The summed E-state index contributed by atoms with van der Waals surface area (Å²) in [7, 11) is 1.77. The number of aliphatic imine (C=N–C) groups is 1. The zero-order chi connectivity index (χ0) is 19.1. The van der Waals surface area contributed by atoms with Crippen molar-refractivity contribution >= 4 is 27.4 Å². The van der Waals surface area contributed by atoms with Crippen molar-refractivity contribution in [2.45, 2.75) is 32.3 Å². The zero-order valence-electron chi connectivity index (χ0n) is 16.4. The third-order valence-corrected chi connectivity index (χ3v) is 6.50. The number of piperidine rings is 1. The number of nitrogens with zero attached hydrogens (tertiary/aromatic N) is 2. The highest BCUT2D eigenvalue weighted by Crippen LogP contribution is 2.29. The summed E-state index contributed by atoms with van der Waals surface area (Å²) >= 11 is 1.65. The Morgan fingerprint density at radius 2 is 2.07 bits per heavy atom. The summed E-state index contributed by atoms with van der Waals surface area (Å²) in [5.74, 6) is 1.64. The van der Waals surface area contributed by atoms with Crippen LogP contribution in [0.3, 0.4) is 0 Å². The van der Waals surface area contributed by atoms with Crippen LogP contribution in [-0.2, 0) is 0 Å². The lowest BCUT2D eigenvalue weighted by Crippen LogP contribution is -2.41. The third-order valence-electron chi connectivity index (χ3n) is 5.28. The lowest BCUT2D eigenvalue weighted by atomic mass is 9.99. The van der Waals surface area contributed by atoms with Gasteiger partial charge in [0.05, 0.1) is 0 Å². The van der Waals surface area contributed by atoms with Crippen LogP contribution in [0.15, 0.2) is 35.3 Å². The van der Waals surface area contributed by atoms with Crippen molar-refractivity contribution in [1.82, 2.24) is 15.5 Å². The van der Waals surface area contributed by atoms with Gasteiger partial charge in [0.2, 0.25) is 0 Å². The number of aliphatic hydroxyl groups excluding tert-OH is 1. The number of hydrogen-bond acceptors (Lipinski definition) is 4. The molecule has 1 unspecified atom stereocenters. The van der Waals surface area contributed by atoms with Crippen LogP contribution in [0.4, 0.5) is 0 Å². The SMILES string of the molecule is CN=C(NCCCN1CCC(C)CC1)NCC(O)c1cc2ccccc2s1. The van der Waals surface area contributed by atoms with E-state index in [-0.39, 0.29) is 0 Å². The van der Waals surface area contributed by atoms with Gasteiger partial charge in [-0.15, -0.1) is 11.3 Å². The molecule has 2 heterocycles. The van der Waals surface area contributed by atoms with Gasteiger partial charge in [0.25, 0.3) is 0 Å². The molecule has 2 aromatic rings. The first kappa shape index (κ1) is 20.1. The van der Waals surface area contributed by atoms with Crippen molar-refractivity contribution in [3.05, 3.63) is 35.2 Å². The molecule has 0 bridgehead atoms. The molecule has 1 aliphatic heterocycles. The average molecular weight is 389 g/mol. The predicted octanol–water partition coefficient (Wildman–Crippen LogP) is 3.22. The fourth-order valence-electron chi connectivity index (χ4n) is 3.48. The van der Waals surface area contributed by atoms with Gasteiger partial charge in [0.1, 0.15) is 6.10 Å². The number of benzene rings is 1. The molecule has 0 spiro atoms. The first-order valence-corrected chi connectivity index (χ1v) is 10.8. The number of likely N-dealkylation sites (tertiary alicyclic amines) is 1. The molecule has 1 aromatic heterocycles. The van der Waals surface area contributed by atoms with Crippen molar-refractivity contribution in [3.63, 3.8) is 0 Å². The molecule has 1 atom stereocenters. The standard InChI is InChI=1S/C21H32N4OS/c1-16-8-12-25(13-9-16)11-5-10-23-21(22-2)24-15-18(26)20-14-17-6-3-4-7-19(17)27-20/h3-4,6-7,14,16,18,26H,5,8-13,15H2,1-2H3,(H2,22,23,24). The Morgan fingerprint density at radius 1 is 1.30 bits per heavy atom. The zero-order valence-corrected chi connectivity index (χ0v) is 17.3. The molecule has 0 amide bonds. The van der Waals surface area contributed by atoms with E-state index in [1.54, 1.807) is 18.4 Å². The fraction of sp³-hybridized carbons (Fsp3) is 0.571. The Hall–Kier alpha value is -1.63. The molecular weight excluding hydrogens is 356 g/mol. The first-order chi connectivity index (χ1) is 13.2. The van der Waals surface area contributed by atoms with Gasteiger partial charge in [-0.3, -0.25) is 4.99 Å². The molecule has 5 nitrogen and oxygen atoms in total. The van der Waals surface area contributed by atoms with Crippen LogP contribution in [0, 0.1) is 5.92 Å². The van der Waals surface area contributed by atoms with Crippen molar-refractivity contribution in [2.24, 2.45) is 10.9 Å². The summed E-state index contributed by atoms with van der Waals surface area (Å²) < 4.78 is 1.21. The van der Waals surface area contributed by atoms with E-state index in [9.17, 15) is 5.11 Å². The molecule has 3 rings (SSSR count). The number of fused-ring (bicyclic) bond motifs is 1. The van der Waals surface area contributed by atoms with Gasteiger partial charge in [-0.25, -0.2) is 0 Å². The van der Waals surface area contributed by atoms with Crippen LogP contribution in [0.1, 0.15) is 37.2 Å². The fourth-order valence-corrected chi connectivity index (χ4v) is 4.53. The molecule has 1 saturated heterocycles. The minimum atomic E-state index is -0.531. The minimum absolute atomic E-state index is 0.455. The van der Waals surface area contributed by atoms with Gasteiger partial charge in [-0.05, 0) is 62.3 Å². The van der Waals surface area contributed by atoms with Crippen molar-refractivity contribution < 1.29 is 5.11 Å². The minimum Gasteiger partial charge on any atom is -0.386 e. The van der Waals surface area contributed by atoms with Gasteiger partial charge < -0.3 is 20.6 Å². The molecule has 148 valence electrons. The molecule has 0 aliphatic carbocycles. The van der Waals surface area contributed by atoms with Crippen molar-refractivity contribution in [3.8, 4) is 0 Å². The van der Waals surface area contributed by atoms with Gasteiger partial charge in [-0.2, -0.15) is 0 Å². The van der Waals surface area contributed by atoms with Crippen LogP contribution in [0.25, 0.3) is 10.1 Å². The van der Waals surface area contributed by atoms with Crippen molar-refractivity contribution in [2.75, 3.05) is 39.8 Å². The van der Waals surface area contributed by atoms with Gasteiger partial charge in [-0.1, -0.05) is 25.1 Å². The highest BCUT2D eigenvalue weighted by atomic mass is 32.1. The summed E-state index contributed by atoms with van der Waals surface area (Å²) in [5, 5.41) is 18.3. The quantitative estimate of drug-likeness (QED) is 0.387. The van der Waals surface area contributed by atoms with E-state index in [2.05, 4.69) is 45.6 Å². The highest BCUT2D eigenvalue weighted by Gasteiger charge is 2.15. The number of rotatable bonds is 7. The molecular formula is C21H32N4OS. The number of thiophene rings is 1. The summed E-state index contributed by atoms with van der Waals surface area (Å²) in [6.45, 7) is 7.30. The maximum atomic E-state index is 10.5. The van der Waals surface area contributed by atoms with Crippen LogP contribution in [-0.4, -0.2) is 55.7 Å². The predicted molar refractivity (Wildman–Crippen MR) is 116 cm³/mol. The first-order valence-electron chi connectivity index (χ1n) is 9.99. The van der Waals surface area contributed by atoms with Crippen LogP contribution >= 0.6 is 11.3 Å². The second-order valence-corrected chi connectivity index (χ2v) is 8.58. The summed E-state index contributed by atoms with van der Waals surface area (Å²) in [4.78, 5) is 7.81. The largest absolute Gasteiger partial charge is 0.386 e. The van der Waals surface area contributed by atoms with Crippen molar-refractivity contribution in [1.29, 1.82) is 0 Å². The van der Waals surface area contributed by atoms with E-state index in [4.69, 9.17) is 0 Å². The Kier molecular flexibility index (Phi) is 7.50. The van der Waals surface area contributed by atoms with Gasteiger partial charge in [0, 0.05) is 29.7 Å². The lowest BCUT2D eigenvalue weighted by molar-refractivity contribution is 0.184. The molecule has 6 heteroatoms.